The second-order valence-electron chi connectivity index (χ2n) is 4.90. The van der Waals surface area contributed by atoms with E-state index >= 15 is 0 Å². The molecule has 1 heterocycles. The van der Waals surface area contributed by atoms with Gasteiger partial charge in [-0.15, -0.1) is 12.4 Å². The summed E-state index contributed by atoms with van der Waals surface area (Å²) in [4.78, 5) is 11.9. The van der Waals surface area contributed by atoms with Gasteiger partial charge in [-0.3, -0.25) is 4.79 Å². The van der Waals surface area contributed by atoms with Crippen LogP contribution in [-0.4, -0.2) is 37.2 Å². The zero-order valence-corrected chi connectivity index (χ0v) is 14.3. The van der Waals surface area contributed by atoms with Crippen LogP contribution in [0.25, 0.3) is 0 Å². The second kappa shape index (κ2) is 9.82. The Kier molecular flexibility index (Phi) is 8.45. The van der Waals surface area contributed by atoms with E-state index in [0.717, 1.165) is 29.2 Å². The number of halogens is 1. The maximum absolute atomic E-state index is 11.9. The smallest absolute Gasteiger partial charge is 0.237 e. The number of thioether (sulfide) groups is 1. The van der Waals surface area contributed by atoms with Crippen LogP contribution in [0.2, 0.25) is 0 Å². The first-order valence-electron chi connectivity index (χ1n) is 7.12. The van der Waals surface area contributed by atoms with Crippen molar-refractivity contribution < 1.29 is 14.3 Å². The molecule has 0 aromatic heterocycles. The Morgan fingerprint density at radius 2 is 2.18 bits per heavy atom. The van der Waals surface area contributed by atoms with Gasteiger partial charge in [-0.05, 0) is 24.5 Å². The van der Waals surface area contributed by atoms with E-state index in [0.29, 0.717) is 26.2 Å². The van der Waals surface area contributed by atoms with Crippen LogP contribution in [-0.2, 0) is 11.3 Å². The first-order chi connectivity index (χ1) is 10.2. The van der Waals surface area contributed by atoms with Crippen molar-refractivity contribution in [2.24, 2.45) is 5.73 Å². The molecular weight excluding hydrogens is 324 g/mol. The van der Waals surface area contributed by atoms with Crippen LogP contribution in [0.15, 0.2) is 18.2 Å². The van der Waals surface area contributed by atoms with Gasteiger partial charge in [0.15, 0.2) is 11.5 Å². The fraction of sp³-hybridized carbons (Fsp3) is 0.533. The molecule has 2 rings (SSSR count). The Bertz CT molecular complexity index is 488. The number of rotatable bonds is 6. The van der Waals surface area contributed by atoms with Gasteiger partial charge in [-0.1, -0.05) is 12.1 Å². The third-order valence-electron chi connectivity index (χ3n) is 3.28. The van der Waals surface area contributed by atoms with Gasteiger partial charge >= 0.3 is 0 Å². The van der Waals surface area contributed by atoms with Crippen molar-refractivity contribution >= 4 is 30.1 Å². The summed E-state index contributed by atoms with van der Waals surface area (Å²) in [7, 11) is 0. The van der Waals surface area contributed by atoms with Gasteiger partial charge in [0.25, 0.3) is 0 Å². The highest BCUT2D eigenvalue weighted by atomic mass is 35.5. The molecule has 0 aliphatic carbocycles. The van der Waals surface area contributed by atoms with Crippen molar-refractivity contribution in [1.82, 2.24) is 5.32 Å². The van der Waals surface area contributed by atoms with E-state index in [1.165, 1.54) is 0 Å². The summed E-state index contributed by atoms with van der Waals surface area (Å²) < 4.78 is 11.4. The highest BCUT2D eigenvalue weighted by molar-refractivity contribution is 7.98. The number of amides is 1. The average Bonchev–Trinajstić information content (AvgIpc) is 2.75. The van der Waals surface area contributed by atoms with Crippen molar-refractivity contribution in [3.8, 4) is 11.5 Å². The summed E-state index contributed by atoms with van der Waals surface area (Å²) in [5.41, 5.74) is 6.77. The van der Waals surface area contributed by atoms with E-state index in [1.807, 2.05) is 24.5 Å². The lowest BCUT2D eigenvalue weighted by Crippen LogP contribution is -2.40. The average molecular weight is 347 g/mol. The first-order valence-corrected chi connectivity index (χ1v) is 8.51. The third-order valence-corrected chi connectivity index (χ3v) is 3.92. The van der Waals surface area contributed by atoms with Crippen LogP contribution in [0, 0.1) is 0 Å². The van der Waals surface area contributed by atoms with Gasteiger partial charge in [0.2, 0.25) is 5.91 Å². The lowest BCUT2D eigenvalue weighted by molar-refractivity contribution is -0.122. The fourth-order valence-electron chi connectivity index (χ4n) is 2.08. The van der Waals surface area contributed by atoms with Crippen LogP contribution in [0.5, 0.6) is 11.5 Å². The lowest BCUT2D eigenvalue weighted by Gasteiger charge is -2.15. The summed E-state index contributed by atoms with van der Waals surface area (Å²) in [5.74, 6) is 2.22. The number of hydrogen-bond donors (Lipinski definition) is 2. The minimum atomic E-state index is -0.461. The molecule has 1 aliphatic rings. The molecule has 0 saturated carbocycles. The van der Waals surface area contributed by atoms with Crippen molar-refractivity contribution in [3.05, 3.63) is 23.8 Å². The fourth-order valence-corrected chi connectivity index (χ4v) is 2.57. The quantitative estimate of drug-likeness (QED) is 0.823. The highest BCUT2D eigenvalue weighted by Crippen LogP contribution is 2.33. The van der Waals surface area contributed by atoms with E-state index in [9.17, 15) is 4.79 Å². The number of nitrogens with two attached hydrogens (primary N) is 1. The van der Waals surface area contributed by atoms with Gasteiger partial charge in [-0.25, -0.2) is 0 Å². The zero-order chi connectivity index (χ0) is 15.1. The molecule has 3 N–H and O–H groups in total. The van der Waals surface area contributed by atoms with Crippen molar-refractivity contribution in [2.45, 2.75) is 25.4 Å². The number of nitrogens with one attached hydrogen (secondary N) is 1. The van der Waals surface area contributed by atoms with Crippen LogP contribution < -0.4 is 20.5 Å². The first kappa shape index (κ1) is 18.9. The number of carbonyl (C=O) groups excluding carboxylic acids is 1. The Hall–Kier alpha value is -1.11. The van der Waals surface area contributed by atoms with Gasteiger partial charge in [0, 0.05) is 18.5 Å². The Labute approximate surface area is 141 Å². The van der Waals surface area contributed by atoms with Crippen molar-refractivity contribution in [3.63, 3.8) is 0 Å². The van der Waals surface area contributed by atoms with Crippen LogP contribution in [0.1, 0.15) is 18.4 Å². The second-order valence-corrected chi connectivity index (χ2v) is 5.89. The Morgan fingerprint density at radius 1 is 1.41 bits per heavy atom. The van der Waals surface area contributed by atoms with E-state index in [1.54, 1.807) is 11.8 Å². The molecule has 0 saturated heterocycles. The highest BCUT2D eigenvalue weighted by Gasteiger charge is 2.17. The largest absolute Gasteiger partial charge is 0.490 e. The number of carbonyl (C=O) groups is 1. The molecule has 1 unspecified atom stereocenters. The molecule has 1 atom stereocenters. The molecule has 0 bridgehead atoms. The molecule has 7 heteroatoms. The number of ether oxygens (including phenoxy) is 2. The van der Waals surface area contributed by atoms with Crippen molar-refractivity contribution in [1.29, 1.82) is 0 Å². The van der Waals surface area contributed by atoms with Gasteiger partial charge in [-0.2, -0.15) is 11.8 Å². The molecule has 0 radical (unpaired) electrons. The molecule has 5 nitrogen and oxygen atoms in total. The summed E-state index contributed by atoms with van der Waals surface area (Å²) in [5, 5.41) is 2.87. The van der Waals surface area contributed by atoms with E-state index in [-0.39, 0.29) is 18.3 Å². The molecule has 1 aliphatic heterocycles. The maximum atomic E-state index is 11.9. The predicted octanol–water partition coefficient (Wildman–Crippen LogP) is 1.97. The number of hydrogen-bond acceptors (Lipinski definition) is 5. The van der Waals surface area contributed by atoms with Crippen LogP contribution in [0.4, 0.5) is 0 Å². The predicted molar refractivity (Wildman–Crippen MR) is 92.1 cm³/mol. The standard InChI is InChI=1S/C15H22N2O3S.ClH/c1-21-9-6-12(16)15(18)17-10-11-4-2-5-13-14(11)20-8-3-7-19-13;/h2,4-5,12H,3,6-10,16H2,1H3,(H,17,18);1H. The van der Waals surface area contributed by atoms with Crippen LogP contribution in [0.3, 0.4) is 0 Å². The summed E-state index contributed by atoms with van der Waals surface area (Å²) in [6.45, 7) is 1.69. The number of para-hydroxylation sites is 1. The van der Waals surface area contributed by atoms with E-state index < -0.39 is 6.04 Å². The molecule has 22 heavy (non-hydrogen) atoms. The monoisotopic (exact) mass is 346 g/mol. The third kappa shape index (κ3) is 5.26. The molecular formula is C15H23ClN2O3S. The Balaban J connectivity index is 0.00000242. The molecule has 1 aromatic rings. The van der Waals surface area contributed by atoms with Gasteiger partial charge < -0.3 is 20.5 Å². The van der Waals surface area contributed by atoms with Gasteiger partial charge in [0.1, 0.15) is 0 Å². The molecule has 124 valence electrons. The van der Waals surface area contributed by atoms with E-state index in [2.05, 4.69) is 5.32 Å². The van der Waals surface area contributed by atoms with Gasteiger partial charge in [0.05, 0.1) is 19.3 Å². The number of benzene rings is 1. The summed E-state index contributed by atoms with van der Waals surface area (Å²) in [6, 6.07) is 5.26. The minimum absolute atomic E-state index is 0. The molecule has 1 amide bonds. The zero-order valence-electron chi connectivity index (χ0n) is 12.7. The van der Waals surface area contributed by atoms with E-state index in [4.69, 9.17) is 15.2 Å². The summed E-state index contributed by atoms with van der Waals surface area (Å²) in [6.07, 6.45) is 3.54. The van der Waals surface area contributed by atoms with Crippen molar-refractivity contribution in [2.75, 3.05) is 25.2 Å². The normalized spacial score (nSPS) is 14.5. The Morgan fingerprint density at radius 3 is 2.95 bits per heavy atom. The lowest BCUT2D eigenvalue weighted by atomic mass is 10.1. The minimum Gasteiger partial charge on any atom is -0.490 e. The number of fused-ring (bicyclic) bond motifs is 1. The molecule has 0 spiro atoms. The molecule has 0 fully saturated rings. The summed E-state index contributed by atoms with van der Waals surface area (Å²) >= 11 is 1.69. The maximum Gasteiger partial charge on any atom is 0.237 e. The van der Waals surface area contributed by atoms with Crippen LogP contribution >= 0.6 is 24.2 Å². The topological polar surface area (TPSA) is 73.6 Å². The molecule has 1 aromatic carbocycles. The SMILES string of the molecule is CSCCC(N)C(=O)NCc1cccc2c1OCCCO2.Cl.